The molecule has 7 heteroatoms. The van der Waals surface area contributed by atoms with Crippen LogP contribution in [0.4, 0.5) is 11.5 Å². The van der Waals surface area contributed by atoms with Crippen LogP contribution in [-0.2, 0) is 6.54 Å². The Morgan fingerprint density at radius 3 is 2.35 bits per heavy atom. The van der Waals surface area contributed by atoms with Gasteiger partial charge in [-0.3, -0.25) is 14.3 Å². The zero-order chi connectivity index (χ0) is 15.7. The number of aliphatic hydroxyl groups excluding tert-OH is 1. The van der Waals surface area contributed by atoms with E-state index in [0.29, 0.717) is 6.54 Å². The van der Waals surface area contributed by atoms with Crippen molar-refractivity contribution >= 4 is 11.5 Å². The van der Waals surface area contributed by atoms with Crippen LogP contribution in [0.5, 0.6) is 0 Å². The van der Waals surface area contributed by atoms with E-state index in [1.54, 1.807) is 20.8 Å². The molecule has 0 aliphatic heterocycles. The molecule has 0 radical (unpaired) electrons. The third-order valence-corrected chi connectivity index (χ3v) is 3.28. The first-order valence-electron chi connectivity index (χ1n) is 6.65. The number of nitrogens with two attached hydrogens (primary N) is 1. The molecular formula is C13H24N4O3. The van der Waals surface area contributed by atoms with Crippen molar-refractivity contribution in [3.05, 3.63) is 20.8 Å². The minimum Gasteiger partial charge on any atom is -0.391 e. The molecule has 0 saturated carbocycles. The molecule has 0 spiro atoms. The standard InChI is InChI=1S/C13H24N4O3/c1-7(2)6-17-10(14)9(11(19)15-12(17)20)16-13(4,5)8(3)18/h7-8,16,18H,6,14H2,1-5H3,(H,15,19,20). The van der Waals surface area contributed by atoms with Crippen molar-refractivity contribution in [1.29, 1.82) is 0 Å². The molecule has 0 aliphatic carbocycles. The second-order valence-corrected chi connectivity index (χ2v) is 6.05. The van der Waals surface area contributed by atoms with Crippen molar-refractivity contribution in [2.75, 3.05) is 11.1 Å². The van der Waals surface area contributed by atoms with E-state index in [2.05, 4.69) is 10.3 Å². The van der Waals surface area contributed by atoms with Gasteiger partial charge in [0.15, 0.2) is 0 Å². The van der Waals surface area contributed by atoms with Crippen molar-refractivity contribution in [1.82, 2.24) is 9.55 Å². The Morgan fingerprint density at radius 1 is 1.35 bits per heavy atom. The van der Waals surface area contributed by atoms with Crippen molar-refractivity contribution < 1.29 is 5.11 Å². The van der Waals surface area contributed by atoms with Gasteiger partial charge < -0.3 is 16.2 Å². The summed E-state index contributed by atoms with van der Waals surface area (Å²) in [4.78, 5) is 25.9. The van der Waals surface area contributed by atoms with E-state index in [-0.39, 0.29) is 17.4 Å². The van der Waals surface area contributed by atoms with Gasteiger partial charge >= 0.3 is 5.69 Å². The molecule has 1 unspecified atom stereocenters. The lowest BCUT2D eigenvalue weighted by Gasteiger charge is -2.31. The summed E-state index contributed by atoms with van der Waals surface area (Å²) in [7, 11) is 0. The minimum atomic E-state index is -0.749. The predicted molar refractivity (Wildman–Crippen MR) is 80.0 cm³/mol. The van der Waals surface area contributed by atoms with Crippen LogP contribution in [0.2, 0.25) is 0 Å². The lowest BCUT2D eigenvalue weighted by molar-refractivity contribution is 0.133. The number of aromatic nitrogens is 2. The highest BCUT2D eigenvalue weighted by atomic mass is 16.3. The quantitative estimate of drug-likeness (QED) is 0.623. The molecule has 0 fully saturated rings. The first kappa shape index (κ1) is 16.3. The lowest BCUT2D eigenvalue weighted by Crippen LogP contribution is -2.45. The van der Waals surface area contributed by atoms with Gasteiger partial charge in [0.25, 0.3) is 5.56 Å². The highest BCUT2D eigenvalue weighted by Gasteiger charge is 2.26. The Hall–Kier alpha value is -1.76. The maximum atomic E-state index is 11.9. The molecule has 0 aliphatic rings. The molecular weight excluding hydrogens is 260 g/mol. The molecule has 1 atom stereocenters. The molecule has 7 nitrogen and oxygen atoms in total. The van der Waals surface area contributed by atoms with Gasteiger partial charge in [0.05, 0.1) is 11.6 Å². The van der Waals surface area contributed by atoms with Crippen LogP contribution in [-0.4, -0.2) is 26.3 Å². The number of nitrogen functional groups attached to an aromatic ring is 1. The normalized spacial score (nSPS) is 13.6. The second-order valence-electron chi connectivity index (χ2n) is 6.05. The fourth-order valence-electron chi connectivity index (χ4n) is 1.68. The number of rotatable bonds is 5. The summed E-state index contributed by atoms with van der Waals surface area (Å²) in [6, 6.07) is 0. The van der Waals surface area contributed by atoms with Gasteiger partial charge in [-0.25, -0.2) is 4.79 Å². The second kappa shape index (κ2) is 5.70. The van der Waals surface area contributed by atoms with E-state index in [4.69, 9.17) is 5.73 Å². The monoisotopic (exact) mass is 284 g/mol. The number of hydrogen-bond donors (Lipinski definition) is 4. The third-order valence-electron chi connectivity index (χ3n) is 3.28. The SMILES string of the molecule is CC(C)Cn1c(N)c(NC(C)(C)C(C)O)c(=O)[nH]c1=O. The largest absolute Gasteiger partial charge is 0.391 e. The maximum absolute atomic E-state index is 11.9. The van der Waals surface area contributed by atoms with E-state index in [1.807, 2.05) is 13.8 Å². The molecule has 5 N–H and O–H groups in total. The summed E-state index contributed by atoms with van der Waals surface area (Å²) in [5.74, 6) is 0.291. The summed E-state index contributed by atoms with van der Waals surface area (Å²) in [5, 5.41) is 12.6. The van der Waals surface area contributed by atoms with Crippen LogP contribution < -0.4 is 22.3 Å². The number of nitrogens with zero attached hydrogens (tertiary/aromatic N) is 1. The van der Waals surface area contributed by atoms with Crippen molar-refractivity contribution in [3.63, 3.8) is 0 Å². The average Bonchev–Trinajstić information content (AvgIpc) is 2.29. The highest BCUT2D eigenvalue weighted by molar-refractivity contribution is 5.61. The van der Waals surface area contributed by atoms with Crippen LogP contribution >= 0.6 is 0 Å². The smallest absolute Gasteiger partial charge is 0.330 e. The van der Waals surface area contributed by atoms with E-state index in [9.17, 15) is 14.7 Å². The fourth-order valence-corrected chi connectivity index (χ4v) is 1.68. The zero-order valence-corrected chi connectivity index (χ0v) is 12.7. The molecule has 0 saturated heterocycles. The van der Waals surface area contributed by atoms with Gasteiger partial charge in [0, 0.05) is 6.54 Å². The van der Waals surface area contributed by atoms with E-state index >= 15 is 0 Å². The molecule has 1 aromatic rings. The maximum Gasteiger partial charge on any atom is 0.330 e. The van der Waals surface area contributed by atoms with Gasteiger partial charge in [0.2, 0.25) is 0 Å². The number of nitrogens with one attached hydrogen (secondary N) is 2. The Morgan fingerprint density at radius 2 is 1.90 bits per heavy atom. The number of aromatic amines is 1. The molecule has 1 aromatic heterocycles. The van der Waals surface area contributed by atoms with Gasteiger partial charge in [0.1, 0.15) is 11.5 Å². The van der Waals surface area contributed by atoms with E-state index in [0.717, 1.165) is 0 Å². The van der Waals surface area contributed by atoms with Crippen LogP contribution in [0.25, 0.3) is 0 Å². The molecule has 114 valence electrons. The zero-order valence-electron chi connectivity index (χ0n) is 12.7. The lowest BCUT2D eigenvalue weighted by atomic mass is 9.98. The topological polar surface area (TPSA) is 113 Å². The summed E-state index contributed by atoms with van der Waals surface area (Å²) in [5.41, 5.74) is 4.19. The van der Waals surface area contributed by atoms with Gasteiger partial charge in [-0.15, -0.1) is 0 Å². The fraction of sp³-hybridized carbons (Fsp3) is 0.692. The highest BCUT2D eigenvalue weighted by Crippen LogP contribution is 2.19. The van der Waals surface area contributed by atoms with Crippen LogP contribution in [0.3, 0.4) is 0 Å². The van der Waals surface area contributed by atoms with E-state index in [1.165, 1.54) is 4.57 Å². The first-order valence-corrected chi connectivity index (χ1v) is 6.65. The Kier molecular flexibility index (Phi) is 4.65. The summed E-state index contributed by atoms with van der Waals surface area (Å²) in [6.07, 6.45) is -0.702. The molecule has 1 rings (SSSR count). The average molecular weight is 284 g/mol. The Bertz CT molecular complexity index is 584. The Balaban J connectivity index is 3.34. The van der Waals surface area contributed by atoms with Gasteiger partial charge in [-0.05, 0) is 26.7 Å². The van der Waals surface area contributed by atoms with E-state index < -0.39 is 22.9 Å². The van der Waals surface area contributed by atoms with Crippen LogP contribution in [0.1, 0.15) is 34.6 Å². The van der Waals surface area contributed by atoms with Gasteiger partial charge in [-0.1, -0.05) is 13.8 Å². The molecule has 0 bridgehead atoms. The van der Waals surface area contributed by atoms with Crippen molar-refractivity contribution in [2.24, 2.45) is 5.92 Å². The van der Waals surface area contributed by atoms with Crippen LogP contribution in [0, 0.1) is 5.92 Å². The molecule has 1 heterocycles. The van der Waals surface area contributed by atoms with Crippen LogP contribution in [0.15, 0.2) is 9.59 Å². The van der Waals surface area contributed by atoms with Gasteiger partial charge in [-0.2, -0.15) is 0 Å². The van der Waals surface area contributed by atoms with Crippen molar-refractivity contribution in [3.8, 4) is 0 Å². The minimum absolute atomic E-state index is 0.0844. The third kappa shape index (κ3) is 3.41. The first-order chi connectivity index (χ1) is 9.06. The summed E-state index contributed by atoms with van der Waals surface area (Å²) < 4.78 is 1.33. The summed E-state index contributed by atoms with van der Waals surface area (Å²) >= 11 is 0. The Labute approximate surface area is 117 Å². The molecule has 0 amide bonds. The number of hydrogen-bond acceptors (Lipinski definition) is 5. The van der Waals surface area contributed by atoms with Crippen molar-refractivity contribution in [2.45, 2.75) is 52.8 Å². The molecule has 0 aromatic carbocycles. The molecule has 20 heavy (non-hydrogen) atoms. The number of anilines is 2. The number of H-pyrrole nitrogens is 1. The summed E-state index contributed by atoms with van der Waals surface area (Å²) in [6.45, 7) is 9.41. The predicted octanol–water partition coefficient (Wildman–Crippen LogP) is 0.346. The number of aliphatic hydroxyl groups is 1.